The molecular formula is C14H23N3O2. The van der Waals surface area contributed by atoms with E-state index in [2.05, 4.69) is 25.7 Å². The normalized spacial score (nSPS) is 13.6. The molecule has 19 heavy (non-hydrogen) atoms. The first kappa shape index (κ1) is 15.6. The minimum atomic E-state index is -0.379. The number of hydrogen-bond donors (Lipinski definition) is 1. The first-order chi connectivity index (χ1) is 8.76. The van der Waals surface area contributed by atoms with Gasteiger partial charge < -0.3 is 5.73 Å². The number of nitro benzene ring substituents is 1. The van der Waals surface area contributed by atoms with Gasteiger partial charge in [0.25, 0.3) is 5.69 Å². The maximum absolute atomic E-state index is 10.6. The molecule has 2 N–H and O–H groups in total. The lowest BCUT2D eigenvalue weighted by molar-refractivity contribution is -0.384. The van der Waals surface area contributed by atoms with Gasteiger partial charge in [0.2, 0.25) is 0 Å². The fourth-order valence-electron chi connectivity index (χ4n) is 2.01. The predicted octanol–water partition coefficient (Wildman–Crippen LogP) is 2.57. The number of nitro groups is 1. The van der Waals surface area contributed by atoms with Crippen molar-refractivity contribution in [3.05, 3.63) is 39.9 Å². The van der Waals surface area contributed by atoms with Crippen molar-refractivity contribution in [3.63, 3.8) is 0 Å². The lowest BCUT2D eigenvalue weighted by Crippen LogP contribution is -2.37. The van der Waals surface area contributed by atoms with Crippen LogP contribution in [0.4, 0.5) is 5.69 Å². The molecule has 1 unspecified atom stereocenters. The van der Waals surface area contributed by atoms with Crippen LogP contribution in [0.3, 0.4) is 0 Å². The Morgan fingerprint density at radius 1 is 1.37 bits per heavy atom. The number of nitrogens with two attached hydrogens (primary N) is 1. The molecule has 0 aliphatic carbocycles. The number of rotatable bonds is 6. The Bertz CT molecular complexity index is 429. The summed E-state index contributed by atoms with van der Waals surface area (Å²) in [4.78, 5) is 12.5. The molecular weight excluding hydrogens is 242 g/mol. The van der Waals surface area contributed by atoms with Crippen molar-refractivity contribution >= 4 is 5.69 Å². The summed E-state index contributed by atoms with van der Waals surface area (Å²) in [5.74, 6) is 0. The highest BCUT2D eigenvalue weighted by molar-refractivity contribution is 5.34. The molecule has 1 aromatic carbocycles. The van der Waals surface area contributed by atoms with Gasteiger partial charge in [-0.2, -0.15) is 0 Å². The van der Waals surface area contributed by atoms with Crippen LogP contribution < -0.4 is 5.73 Å². The average Bonchev–Trinajstić information content (AvgIpc) is 2.37. The van der Waals surface area contributed by atoms with E-state index in [-0.39, 0.29) is 22.1 Å². The topological polar surface area (TPSA) is 72.4 Å². The van der Waals surface area contributed by atoms with Crippen LogP contribution in [0.5, 0.6) is 0 Å². The van der Waals surface area contributed by atoms with Gasteiger partial charge in [-0.15, -0.1) is 0 Å². The third kappa shape index (κ3) is 4.29. The van der Waals surface area contributed by atoms with E-state index in [4.69, 9.17) is 5.73 Å². The molecule has 0 radical (unpaired) electrons. The minimum Gasteiger partial charge on any atom is -0.330 e. The second kappa shape index (κ2) is 6.12. The van der Waals surface area contributed by atoms with Gasteiger partial charge in [0.1, 0.15) is 0 Å². The zero-order valence-corrected chi connectivity index (χ0v) is 12.1. The Kier molecular flexibility index (Phi) is 5.03. The van der Waals surface area contributed by atoms with Gasteiger partial charge in [0, 0.05) is 24.7 Å². The number of benzene rings is 1. The summed E-state index contributed by atoms with van der Waals surface area (Å²) in [6.45, 7) is 7.86. The van der Waals surface area contributed by atoms with Crippen molar-refractivity contribution in [1.82, 2.24) is 4.90 Å². The molecule has 1 aromatic rings. The molecule has 0 heterocycles. The van der Waals surface area contributed by atoms with Crippen LogP contribution in [0.15, 0.2) is 24.3 Å². The summed E-state index contributed by atoms with van der Waals surface area (Å²) in [5.41, 5.74) is 7.00. The molecule has 0 aromatic heterocycles. The van der Waals surface area contributed by atoms with Gasteiger partial charge in [0.05, 0.1) is 4.92 Å². The number of non-ortho nitro benzene ring substituents is 1. The third-order valence-corrected chi connectivity index (χ3v) is 3.48. The largest absolute Gasteiger partial charge is 0.330 e. The zero-order chi connectivity index (χ0) is 14.6. The molecule has 0 saturated carbocycles. The van der Waals surface area contributed by atoms with Gasteiger partial charge in [0.15, 0.2) is 0 Å². The van der Waals surface area contributed by atoms with Crippen molar-refractivity contribution < 1.29 is 4.92 Å². The summed E-state index contributed by atoms with van der Waals surface area (Å²) >= 11 is 0. The smallest absolute Gasteiger partial charge is 0.269 e. The van der Waals surface area contributed by atoms with E-state index in [9.17, 15) is 10.1 Å². The van der Waals surface area contributed by atoms with Crippen molar-refractivity contribution in [3.8, 4) is 0 Å². The first-order valence-corrected chi connectivity index (χ1v) is 6.41. The maximum atomic E-state index is 10.6. The van der Waals surface area contributed by atoms with E-state index in [1.54, 1.807) is 12.1 Å². The van der Waals surface area contributed by atoms with Crippen LogP contribution in [0.25, 0.3) is 0 Å². The van der Waals surface area contributed by atoms with Crippen LogP contribution in [0.1, 0.15) is 32.4 Å². The van der Waals surface area contributed by atoms with Gasteiger partial charge in [-0.25, -0.2) is 0 Å². The van der Waals surface area contributed by atoms with E-state index in [1.807, 2.05) is 19.2 Å². The van der Waals surface area contributed by atoms with Gasteiger partial charge in [-0.05, 0) is 31.5 Å². The second-order valence-corrected chi connectivity index (χ2v) is 5.81. The summed E-state index contributed by atoms with van der Waals surface area (Å²) in [5, 5.41) is 10.6. The van der Waals surface area contributed by atoms with Gasteiger partial charge >= 0.3 is 0 Å². The molecule has 1 atom stereocenters. The fraction of sp³-hybridized carbons (Fsp3) is 0.571. The molecule has 0 spiro atoms. The standard InChI is InChI=1S/C14H23N3O2/c1-11(16(4)10-14(2,3)9-15)12-5-7-13(8-6-12)17(18)19/h5-8,11H,9-10,15H2,1-4H3. The minimum absolute atomic E-state index is 0.0593. The molecule has 0 bridgehead atoms. The molecule has 5 heteroatoms. The molecule has 0 amide bonds. The van der Waals surface area contributed by atoms with E-state index in [0.717, 1.165) is 12.1 Å². The molecule has 0 saturated heterocycles. The monoisotopic (exact) mass is 265 g/mol. The van der Waals surface area contributed by atoms with Crippen LogP contribution in [0, 0.1) is 15.5 Å². The fourth-order valence-corrected chi connectivity index (χ4v) is 2.01. The van der Waals surface area contributed by atoms with E-state index in [1.165, 1.54) is 0 Å². The Morgan fingerprint density at radius 2 is 1.89 bits per heavy atom. The highest BCUT2D eigenvalue weighted by Crippen LogP contribution is 2.24. The van der Waals surface area contributed by atoms with Gasteiger partial charge in [-0.3, -0.25) is 15.0 Å². The zero-order valence-electron chi connectivity index (χ0n) is 12.1. The van der Waals surface area contributed by atoms with E-state index in [0.29, 0.717) is 6.54 Å². The molecule has 1 rings (SSSR count). The Labute approximate surface area is 114 Å². The van der Waals surface area contributed by atoms with Crippen LogP contribution >= 0.6 is 0 Å². The lowest BCUT2D eigenvalue weighted by Gasteiger charge is -2.33. The van der Waals surface area contributed by atoms with Crippen LogP contribution in [0.2, 0.25) is 0 Å². The average molecular weight is 265 g/mol. The summed E-state index contributed by atoms with van der Waals surface area (Å²) in [6.07, 6.45) is 0. The molecule has 0 aliphatic rings. The molecule has 106 valence electrons. The Morgan fingerprint density at radius 3 is 2.32 bits per heavy atom. The first-order valence-electron chi connectivity index (χ1n) is 6.41. The van der Waals surface area contributed by atoms with Crippen LogP contribution in [-0.4, -0.2) is 30.0 Å². The highest BCUT2D eigenvalue weighted by atomic mass is 16.6. The van der Waals surface area contributed by atoms with E-state index < -0.39 is 0 Å². The third-order valence-electron chi connectivity index (χ3n) is 3.48. The maximum Gasteiger partial charge on any atom is 0.269 e. The van der Waals surface area contributed by atoms with Crippen molar-refractivity contribution in [1.29, 1.82) is 0 Å². The van der Waals surface area contributed by atoms with E-state index >= 15 is 0 Å². The Hall–Kier alpha value is -1.46. The van der Waals surface area contributed by atoms with Crippen molar-refractivity contribution in [2.75, 3.05) is 20.1 Å². The second-order valence-electron chi connectivity index (χ2n) is 5.81. The molecule has 5 nitrogen and oxygen atoms in total. The molecule has 0 fully saturated rings. The lowest BCUT2D eigenvalue weighted by atomic mass is 9.92. The number of nitrogens with zero attached hydrogens (tertiary/aromatic N) is 2. The predicted molar refractivity (Wildman–Crippen MR) is 77.0 cm³/mol. The Balaban J connectivity index is 2.76. The van der Waals surface area contributed by atoms with Crippen LogP contribution in [-0.2, 0) is 0 Å². The highest BCUT2D eigenvalue weighted by Gasteiger charge is 2.22. The van der Waals surface area contributed by atoms with Gasteiger partial charge in [-0.1, -0.05) is 26.0 Å². The SMILES string of the molecule is CC(c1ccc([N+](=O)[O-])cc1)N(C)CC(C)(C)CN. The quantitative estimate of drug-likeness (QED) is 0.634. The van der Waals surface area contributed by atoms with Crippen molar-refractivity contribution in [2.24, 2.45) is 11.1 Å². The number of hydrogen-bond acceptors (Lipinski definition) is 4. The molecule has 0 aliphatic heterocycles. The summed E-state index contributed by atoms with van der Waals surface area (Å²) in [7, 11) is 2.05. The summed E-state index contributed by atoms with van der Waals surface area (Å²) < 4.78 is 0. The summed E-state index contributed by atoms with van der Waals surface area (Å²) in [6, 6.07) is 6.93. The van der Waals surface area contributed by atoms with Crippen molar-refractivity contribution in [2.45, 2.75) is 26.8 Å².